The number of aromatic nitrogens is 2. The highest BCUT2D eigenvalue weighted by Gasteiger charge is 2.19. The summed E-state index contributed by atoms with van der Waals surface area (Å²) in [6.45, 7) is 2.00. The molecule has 0 spiro atoms. The lowest BCUT2D eigenvalue weighted by atomic mass is 10.1. The normalized spacial score (nSPS) is 13.7. The number of carboxylic acid groups (broad SMARTS) is 1. The minimum Gasteiger partial charge on any atom is -0.478 e. The van der Waals surface area contributed by atoms with Crippen molar-refractivity contribution in [1.29, 1.82) is 0 Å². The van der Waals surface area contributed by atoms with Gasteiger partial charge in [-0.25, -0.2) is 14.8 Å². The molecule has 1 aromatic heterocycles. The average molecular weight is 361 g/mol. The molecule has 1 aliphatic rings. The van der Waals surface area contributed by atoms with Gasteiger partial charge >= 0.3 is 5.97 Å². The molecule has 2 N–H and O–H groups in total. The maximum Gasteiger partial charge on any atom is 0.335 e. The molecule has 0 bridgehead atoms. The van der Waals surface area contributed by atoms with Gasteiger partial charge < -0.3 is 15.3 Å². The molecule has 2 aromatic rings. The molecule has 0 atom stereocenters. The number of carboxylic acids is 1. The number of carbonyl (C=O) groups is 2. The van der Waals surface area contributed by atoms with Gasteiger partial charge in [0.2, 0.25) is 5.95 Å². The van der Waals surface area contributed by atoms with Gasteiger partial charge in [0.15, 0.2) is 5.69 Å². The van der Waals surface area contributed by atoms with Crippen LogP contribution in [0.1, 0.15) is 39.3 Å². The third kappa shape index (κ3) is 4.06. The quantitative estimate of drug-likeness (QED) is 0.849. The predicted octanol–water partition coefficient (Wildman–Crippen LogP) is 2.36. The van der Waals surface area contributed by atoms with E-state index in [-0.39, 0.29) is 22.8 Å². The van der Waals surface area contributed by atoms with Crippen molar-refractivity contribution in [2.45, 2.75) is 19.4 Å². The van der Waals surface area contributed by atoms with Crippen molar-refractivity contribution in [2.24, 2.45) is 0 Å². The van der Waals surface area contributed by atoms with E-state index in [0.717, 1.165) is 31.5 Å². The van der Waals surface area contributed by atoms with Crippen LogP contribution in [0.2, 0.25) is 5.02 Å². The fourth-order valence-corrected chi connectivity index (χ4v) is 2.79. The molecular weight excluding hydrogens is 344 g/mol. The van der Waals surface area contributed by atoms with Gasteiger partial charge in [0, 0.05) is 19.6 Å². The van der Waals surface area contributed by atoms with E-state index in [4.69, 9.17) is 16.7 Å². The van der Waals surface area contributed by atoms with E-state index < -0.39 is 11.9 Å². The molecular formula is C17H17ClN4O3. The van der Waals surface area contributed by atoms with Crippen molar-refractivity contribution < 1.29 is 14.7 Å². The van der Waals surface area contributed by atoms with E-state index in [0.29, 0.717) is 5.95 Å². The number of hydrogen-bond donors (Lipinski definition) is 2. The first kappa shape index (κ1) is 17.2. The Balaban J connectivity index is 1.68. The average Bonchev–Trinajstić information content (AvgIpc) is 3.15. The molecule has 8 heteroatoms. The Kier molecular flexibility index (Phi) is 5.14. The second kappa shape index (κ2) is 7.48. The second-order valence-electron chi connectivity index (χ2n) is 5.75. The Morgan fingerprint density at radius 2 is 1.88 bits per heavy atom. The Morgan fingerprint density at radius 3 is 2.52 bits per heavy atom. The number of nitrogens with one attached hydrogen (secondary N) is 1. The first-order valence-electron chi connectivity index (χ1n) is 7.92. The molecule has 2 heterocycles. The lowest BCUT2D eigenvalue weighted by Gasteiger charge is -2.16. The first-order valence-corrected chi connectivity index (χ1v) is 8.30. The minimum atomic E-state index is -0.988. The predicted molar refractivity (Wildman–Crippen MR) is 93.1 cm³/mol. The second-order valence-corrected chi connectivity index (χ2v) is 6.15. The minimum absolute atomic E-state index is 0.140. The maximum atomic E-state index is 12.4. The van der Waals surface area contributed by atoms with Crippen molar-refractivity contribution in [1.82, 2.24) is 15.3 Å². The lowest BCUT2D eigenvalue weighted by molar-refractivity contribution is 0.0696. The summed E-state index contributed by atoms with van der Waals surface area (Å²) < 4.78 is 0. The van der Waals surface area contributed by atoms with Crippen LogP contribution in [0.4, 0.5) is 5.95 Å². The van der Waals surface area contributed by atoms with Gasteiger partial charge in [0.1, 0.15) is 0 Å². The number of halogens is 1. The zero-order valence-electron chi connectivity index (χ0n) is 13.4. The van der Waals surface area contributed by atoms with Gasteiger partial charge in [-0.3, -0.25) is 4.79 Å². The summed E-state index contributed by atoms with van der Waals surface area (Å²) in [5, 5.41) is 11.8. The van der Waals surface area contributed by atoms with Crippen LogP contribution in [0.15, 0.2) is 30.5 Å². The molecule has 0 unspecified atom stereocenters. The van der Waals surface area contributed by atoms with Crippen LogP contribution in [0, 0.1) is 0 Å². The number of hydrogen-bond acceptors (Lipinski definition) is 5. The molecule has 0 radical (unpaired) electrons. The highest BCUT2D eigenvalue weighted by molar-refractivity contribution is 6.33. The van der Waals surface area contributed by atoms with Crippen molar-refractivity contribution in [3.05, 3.63) is 52.3 Å². The topological polar surface area (TPSA) is 95.4 Å². The molecule has 3 rings (SSSR count). The smallest absolute Gasteiger partial charge is 0.335 e. The third-order valence-corrected chi connectivity index (χ3v) is 4.27. The fraction of sp³-hybridized carbons (Fsp3) is 0.294. The molecule has 1 aliphatic heterocycles. The van der Waals surface area contributed by atoms with Gasteiger partial charge in [0.25, 0.3) is 5.91 Å². The fourth-order valence-electron chi connectivity index (χ4n) is 2.62. The third-order valence-electron chi connectivity index (χ3n) is 3.99. The van der Waals surface area contributed by atoms with E-state index in [1.807, 2.05) is 4.90 Å². The monoisotopic (exact) mass is 360 g/mol. The van der Waals surface area contributed by atoms with Crippen LogP contribution >= 0.6 is 11.6 Å². The van der Waals surface area contributed by atoms with Gasteiger partial charge in [0.05, 0.1) is 16.8 Å². The van der Waals surface area contributed by atoms with E-state index in [1.165, 1.54) is 18.3 Å². The lowest BCUT2D eigenvalue weighted by Crippen LogP contribution is -2.26. The van der Waals surface area contributed by atoms with Crippen molar-refractivity contribution in [3.63, 3.8) is 0 Å². The van der Waals surface area contributed by atoms with Crippen molar-refractivity contribution in [3.8, 4) is 0 Å². The van der Waals surface area contributed by atoms with Crippen LogP contribution in [-0.4, -0.2) is 40.0 Å². The summed E-state index contributed by atoms with van der Waals surface area (Å²) in [5.41, 5.74) is 1.12. The zero-order valence-corrected chi connectivity index (χ0v) is 14.2. The van der Waals surface area contributed by atoms with E-state index in [2.05, 4.69) is 15.3 Å². The molecule has 1 aromatic carbocycles. The summed E-state index contributed by atoms with van der Waals surface area (Å²) in [6, 6.07) is 6.29. The molecule has 1 saturated heterocycles. The number of benzene rings is 1. The number of amides is 1. The Hall–Kier alpha value is -2.67. The summed E-state index contributed by atoms with van der Waals surface area (Å²) >= 11 is 6.07. The van der Waals surface area contributed by atoms with Crippen LogP contribution < -0.4 is 10.2 Å². The maximum absolute atomic E-state index is 12.4. The molecule has 1 fully saturated rings. The van der Waals surface area contributed by atoms with E-state index in [9.17, 15) is 9.59 Å². The van der Waals surface area contributed by atoms with Crippen LogP contribution in [0.25, 0.3) is 0 Å². The number of anilines is 1. The standard InChI is InChI=1S/C17H17ClN4O3/c18-13-10-20-17(22-7-1-2-8-22)21-14(13)15(23)19-9-11-3-5-12(6-4-11)16(24)25/h3-6,10H,1-2,7-9H2,(H,19,23)(H,24,25). The SMILES string of the molecule is O=C(O)c1ccc(CNC(=O)c2nc(N3CCCC3)ncc2Cl)cc1. The van der Waals surface area contributed by atoms with Crippen molar-refractivity contribution in [2.75, 3.05) is 18.0 Å². The summed E-state index contributed by atoms with van der Waals surface area (Å²) in [6.07, 6.45) is 3.61. The summed E-state index contributed by atoms with van der Waals surface area (Å²) in [4.78, 5) is 33.7. The number of carbonyl (C=O) groups excluding carboxylic acids is 1. The van der Waals surface area contributed by atoms with Crippen LogP contribution in [-0.2, 0) is 6.54 Å². The van der Waals surface area contributed by atoms with Gasteiger partial charge in [-0.05, 0) is 30.5 Å². The number of rotatable bonds is 5. The molecule has 25 heavy (non-hydrogen) atoms. The Bertz CT molecular complexity index is 789. The molecule has 0 aliphatic carbocycles. The van der Waals surface area contributed by atoms with Gasteiger partial charge in [-0.2, -0.15) is 0 Å². The molecule has 7 nitrogen and oxygen atoms in total. The van der Waals surface area contributed by atoms with Gasteiger partial charge in [-0.15, -0.1) is 0 Å². The van der Waals surface area contributed by atoms with E-state index >= 15 is 0 Å². The van der Waals surface area contributed by atoms with Crippen molar-refractivity contribution >= 4 is 29.4 Å². The van der Waals surface area contributed by atoms with Crippen LogP contribution in [0.3, 0.4) is 0 Å². The summed E-state index contributed by atoms with van der Waals surface area (Å²) in [7, 11) is 0. The highest BCUT2D eigenvalue weighted by atomic mass is 35.5. The Morgan fingerprint density at radius 1 is 1.20 bits per heavy atom. The zero-order chi connectivity index (χ0) is 17.8. The molecule has 1 amide bonds. The first-order chi connectivity index (χ1) is 12.0. The van der Waals surface area contributed by atoms with E-state index in [1.54, 1.807) is 12.1 Å². The highest BCUT2D eigenvalue weighted by Crippen LogP contribution is 2.20. The molecule has 0 saturated carbocycles. The molecule has 130 valence electrons. The Labute approximate surface area is 149 Å². The van der Waals surface area contributed by atoms with Gasteiger partial charge in [-0.1, -0.05) is 23.7 Å². The summed E-state index contributed by atoms with van der Waals surface area (Å²) in [5.74, 6) is -0.870. The largest absolute Gasteiger partial charge is 0.478 e. The number of nitrogens with zero attached hydrogens (tertiary/aromatic N) is 3. The number of aromatic carboxylic acids is 1. The van der Waals surface area contributed by atoms with Crippen LogP contribution in [0.5, 0.6) is 0 Å².